The number of halogens is 3. The zero-order valence-electron chi connectivity index (χ0n) is 5.57. The second-order valence-electron chi connectivity index (χ2n) is 2.08. The Hall–Kier alpha value is 0.130. The first kappa shape index (κ1) is 9.22. The van der Waals surface area contributed by atoms with Crippen molar-refractivity contribution in [3.05, 3.63) is 32.1 Å². The zero-order valence-corrected chi connectivity index (χ0v) is 8.49. The second-order valence-corrected chi connectivity index (χ2v) is 3.56. The number of benzene rings is 1. The summed E-state index contributed by atoms with van der Waals surface area (Å²) in [4.78, 5) is 0. The highest BCUT2D eigenvalue weighted by Crippen LogP contribution is 2.22. The first-order chi connectivity index (χ1) is 5.15. The van der Waals surface area contributed by atoms with Crippen molar-refractivity contribution in [2.24, 2.45) is 5.73 Å². The molecule has 1 aromatic carbocycles. The molecule has 0 fully saturated rings. The Labute approximate surface area is 82.9 Å². The van der Waals surface area contributed by atoms with Crippen LogP contribution in [0.5, 0.6) is 0 Å². The van der Waals surface area contributed by atoms with E-state index in [-0.39, 0.29) is 5.82 Å². The van der Waals surface area contributed by atoms with Crippen LogP contribution in [0.25, 0.3) is 0 Å². The molecule has 0 aliphatic carbocycles. The average Bonchev–Trinajstić information content (AvgIpc) is 1.99. The molecule has 0 bridgehead atoms. The van der Waals surface area contributed by atoms with Gasteiger partial charge >= 0.3 is 0 Å². The molecule has 0 aliphatic rings. The van der Waals surface area contributed by atoms with Crippen molar-refractivity contribution >= 4 is 34.2 Å². The quantitative estimate of drug-likeness (QED) is 0.623. The van der Waals surface area contributed by atoms with E-state index >= 15 is 0 Å². The molecule has 0 atom stereocenters. The summed E-state index contributed by atoms with van der Waals surface area (Å²) in [6.07, 6.45) is 0. The fourth-order valence-electron chi connectivity index (χ4n) is 0.726. The molecule has 0 heterocycles. The van der Waals surface area contributed by atoms with Gasteiger partial charge in [-0.25, -0.2) is 4.39 Å². The molecular formula is C7H6ClFIN. The van der Waals surface area contributed by atoms with Crippen molar-refractivity contribution < 1.29 is 4.39 Å². The van der Waals surface area contributed by atoms with Crippen molar-refractivity contribution in [2.45, 2.75) is 6.54 Å². The Morgan fingerprint density at radius 2 is 2.18 bits per heavy atom. The van der Waals surface area contributed by atoms with E-state index in [2.05, 4.69) is 0 Å². The highest BCUT2D eigenvalue weighted by molar-refractivity contribution is 14.1. The van der Waals surface area contributed by atoms with E-state index in [1.54, 1.807) is 6.07 Å². The van der Waals surface area contributed by atoms with Gasteiger partial charge < -0.3 is 5.73 Å². The molecule has 1 rings (SSSR count). The zero-order chi connectivity index (χ0) is 8.43. The molecule has 0 unspecified atom stereocenters. The molecule has 2 N–H and O–H groups in total. The van der Waals surface area contributed by atoms with Gasteiger partial charge in [0, 0.05) is 6.54 Å². The van der Waals surface area contributed by atoms with Gasteiger partial charge in [0.05, 0.1) is 8.59 Å². The number of rotatable bonds is 1. The van der Waals surface area contributed by atoms with Crippen LogP contribution in [0.4, 0.5) is 4.39 Å². The van der Waals surface area contributed by atoms with Crippen molar-refractivity contribution in [3.63, 3.8) is 0 Å². The van der Waals surface area contributed by atoms with E-state index in [1.807, 2.05) is 22.6 Å². The van der Waals surface area contributed by atoms with E-state index in [4.69, 9.17) is 17.3 Å². The van der Waals surface area contributed by atoms with E-state index in [1.165, 1.54) is 6.07 Å². The van der Waals surface area contributed by atoms with Crippen molar-refractivity contribution in [1.29, 1.82) is 0 Å². The maximum Gasteiger partial charge on any atom is 0.138 e. The summed E-state index contributed by atoms with van der Waals surface area (Å²) in [6, 6.07) is 3.07. The molecular weight excluding hydrogens is 279 g/mol. The van der Waals surface area contributed by atoms with Gasteiger partial charge in [0.25, 0.3) is 0 Å². The Morgan fingerprint density at radius 3 is 2.64 bits per heavy atom. The summed E-state index contributed by atoms with van der Waals surface area (Å²) in [5.41, 5.74) is 6.03. The minimum atomic E-state index is -0.307. The smallest absolute Gasteiger partial charge is 0.138 e. The molecule has 0 aromatic heterocycles. The van der Waals surface area contributed by atoms with Gasteiger partial charge in [-0.05, 0) is 40.3 Å². The van der Waals surface area contributed by atoms with Gasteiger partial charge in [0.15, 0.2) is 0 Å². The first-order valence-electron chi connectivity index (χ1n) is 2.98. The molecule has 0 saturated carbocycles. The lowest BCUT2D eigenvalue weighted by atomic mass is 10.2. The van der Waals surface area contributed by atoms with Crippen LogP contribution in [0.2, 0.25) is 5.02 Å². The van der Waals surface area contributed by atoms with Crippen LogP contribution in [0.1, 0.15) is 5.56 Å². The predicted octanol–water partition coefficient (Wildman–Crippen LogP) is 2.54. The third-order valence-electron chi connectivity index (χ3n) is 1.28. The summed E-state index contributed by atoms with van der Waals surface area (Å²) in [7, 11) is 0. The topological polar surface area (TPSA) is 26.0 Å². The van der Waals surface area contributed by atoms with E-state index in [9.17, 15) is 4.39 Å². The van der Waals surface area contributed by atoms with Gasteiger partial charge in [0.2, 0.25) is 0 Å². The van der Waals surface area contributed by atoms with E-state index < -0.39 is 0 Å². The fourth-order valence-corrected chi connectivity index (χ4v) is 1.27. The molecule has 11 heavy (non-hydrogen) atoms. The Bertz CT molecular complexity index is 254. The van der Waals surface area contributed by atoms with Gasteiger partial charge in [-0.15, -0.1) is 0 Å². The van der Waals surface area contributed by atoms with Crippen LogP contribution >= 0.6 is 34.2 Å². The molecule has 4 heteroatoms. The molecule has 1 nitrogen and oxygen atoms in total. The summed E-state index contributed by atoms with van der Waals surface area (Å²) in [5.74, 6) is -0.307. The summed E-state index contributed by atoms with van der Waals surface area (Å²) >= 11 is 7.55. The van der Waals surface area contributed by atoms with Crippen molar-refractivity contribution in [1.82, 2.24) is 0 Å². The maximum atomic E-state index is 12.9. The normalized spacial score (nSPS) is 10.2. The Morgan fingerprint density at radius 1 is 1.55 bits per heavy atom. The molecule has 0 saturated heterocycles. The second kappa shape index (κ2) is 3.69. The van der Waals surface area contributed by atoms with Crippen molar-refractivity contribution in [2.75, 3.05) is 0 Å². The minimum absolute atomic E-state index is 0.307. The first-order valence-corrected chi connectivity index (χ1v) is 4.44. The van der Waals surface area contributed by atoms with Crippen LogP contribution in [0.3, 0.4) is 0 Å². The maximum absolute atomic E-state index is 12.9. The van der Waals surface area contributed by atoms with Crippen LogP contribution in [0.15, 0.2) is 12.1 Å². The largest absolute Gasteiger partial charge is 0.326 e. The number of hydrogen-bond acceptors (Lipinski definition) is 1. The SMILES string of the molecule is NCc1cc(F)c(I)c(Cl)c1. The van der Waals surface area contributed by atoms with Gasteiger partial charge in [-0.2, -0.15) is 0 Å². The van der Waals surface area contributed by atoms with Crippen LogP contribution in [-0.4, -0.2) is 0 Å². The van der Waals surface area contributed by atoms with Crippen LogP contribution in [-0.2, 0) is 6.54 Å². The Kier molecular flexibility index (Phi) is 3.09. The molecule has 0 aliphatic heterocycles. The monoisotopic (exact) mass is 285 g/mol. The van der Waals surface area contributed by atoms with E-state index in [0.717, 1.165) is 0 Å². The fraction of sp³-hybridized carbons (Fsp3) is 0.143. The lowest BCUT2D eigenvalue weighted by molar-refractivity contribution is 0.618. The Balaban J connectivity index is 3.21. The third-order valence-corrected chi connectivity index (χ3v) is 2.99. The standard InChI is InChI=1S/C7H6ClFIN/c8-5-1-4(3-11)2-6(9)7(5)10/h1-2H,3,11H2. The van der Waals surface area contributed by atoms with Gasteiger partial charge in [0.1, 0.15) is 5.82 Å². The molecule has 0 spiro atoms. The third kappa shape index (κ3) is 2.04. The lowest BCUT2D eigenvalue weighted by Crippen LogP contribution is -1.98. The van der Waals surface area contributed by atoms with Crippen LogP contribution < -0.4 is 5.73 Å². The highest BCUT2D eigenvalue weighted by Gasteiger charge is 2.04. The summed E-state index contributed by atoms with van der Waals surface area (Å²) in [6.45, 7) is 0.313. The van der Waals surface area contributed by atoms with E-state index in [0.29, 0.717) is 20.7 Å². The van der Waals surface area contributed by atoms with Gasteiger partial charge in [-0.1, -0.05) is 11.6 Å². The summed E-state index contributed by atoms with van der Waals surface area (Å²) < 4.78 is 13.3. The molecule has 1 aromatic rings. The summed E-state index contributed by atoms with van der Waals surface area (Å²) in [5, 5.41) is 0.422. The molecule has 0 radical (unpaired) electrons. The molecule has 0 amide bonds. The van der Waals surface area contributed by atoms with Gasteiger partial charge in [-0.3, -0.25) is 0 Å². The highest BCUT2D eigenvalue weighted by atomic mass is 127. The lowest BCUT2D eigenvalue weighted by Gasteiger charge is -2.01. The minimum Gasteiger partial charge on any atom is -0.326 e. The number of hydrogen-bond donors (Lipinski definition) is 1. The number of nitrogens with two attached hydrogens (primary N) is 1. The average molecular weight is 285 g/mol. The molecule has 60 valence electrons. The van der Waals surface area contributed by atoms with Crippen molar-refractivity contribution in [3.8, 4) is 0 Å². The van der Waals surface area contributed by atoms with Crippen LogP contribution in [0, 0.1) is 9.39 Å². The predicted molar refractivity (Wildman–Crippen MR) is 52.0 cm³/mol.